The van der Waals surface area contributed by atoms with Crippen molar-refractivity contribution in [2.45, 2.75) is 37.5 Å². The fourth-order valence-corrected chi connectivity index (χ4v) is 7.04. The molecule has 2 aliphatic heterocycles. The molecule has 1 aromatic carbocycles. The summed E-state index contributed by atoms with van der Waals surface area (Å²) < 4.78 is 23.0. The Morgan fingerprint density at radius 1 is 1.30 bits per heavy atom. The molecule has 0 bridgehead atoms. The highest BCUT2D eigenvalue weighted by molar-refractivity contribution is 8.02. The Morgan fingerprint density at radius 3 is 2.78 bits per heavy atom. The van der Waals surface area contributed by atoms with Crippen LogP contribution >= 0.6 is 11.8 Å². The van der Waals surface area contributed by atoms with Crippen molar-refractivity contribution in [3.63, 3.8) is 0 Å². The van der Waals surface area contributed by atoms with E-state index in [0.29, 0.717) is 12.2 Å². The Morgan fingerprint density at radius 2 is 2.09 bits per heavy atom. The number of benzene rings is 1. The minimum Gasteiger partial charge on any atom is -0.335 e. The maximum absolute atomic E-state index is 12.6. The molecule has 3 rings (SSSR count). The molecule has 0 unspecified atom stereocenters. The van der Waals surface area contributed by atoms with Gasteiger partial charge in [-0.05, 0) is 37.3 Å². The van der Waals surface area contributed by atoms with Crippen LogP contribution in [0.1, 0.15) is 36.4 Å². The van der Waals surface area contributed by atoms with E-state index in [2.05, 4.69) is 19.1 Å². The standard InChI is InChI=1S/C17H23NO3S2/c1-13-5-2-3-6-15(13)16-7-4-9-18(16)17(19)11-22-14-8-10-23(20,21)12-14/h2-3,5-6,14,16H,4,7-12H2,1H3/t14-,16-/m0/s1. The average Bonchev–Trinajstić information content (AvgIpc) is 3.12. The molecule has 0 N–H and O–H groups in total. The van der Waals surface area contributed by atoms with Gasteiger partial charge in [0, 0.05) is 11.8 Å². The van der Waals surface area contributed by atoms with Gasteiger partial charge in [-0.2, -0.15) is 0 Å². The molecule has 0 saturated carbocycles. The van der Waals surface area contributed by atoms with E-state index in [1.807, 2.05) is 17.0 Å². The zero-order chi connectivity index (χ0) is 16.4. The van der Waals surface area contributed by atoms with Crippen LogP contribution in [0.2, 0.25) is 0 Å². The molecule has 2 heterocycles. The van der Waals surface area contributed by atoms with E-state index in [1.54, 1.807) is 0 Å². The van der Waals surface area contributed by atoms with Crippen molar-refractivity contribution < 1.29 is 13.2 Å². The number of amides is 1. The first kappa shape index (κ1) is 16.8. The summed E-state index contributed by atoms with van der Waals surface area (Å²) in [5.41, 5.74) is 2.47. The molecule has 2 atom stereocenters. The molecule has 0 radical (unpaired) electrons. The molecular formula is C17H23NO3S2. The number of hydrogen-bond donors (Lipinski definition) is 0. The first-order valence-electron chi connectivity index (χ1n) is 8.13. The Balaban J connectivity index is 1.61. The monoisotopic (exact) mass is 353 g/mol. The number of carbonyl (C=O) groups is 1. The lowest BCUT2D eigenvalue weighted by molar-refractivity contribution is -0.129. The van der Waals surface area contributed by atoms with Gasteiger partial charge >= 0.3 is 0 Å². The van der Waals surface area contributed by atoms with Crippen LogP contribution in [0.25, 0.3) is 0 Å². The Kier molecular flexibility index (Phi) is 5.01. The van der Waals surface area contributed by atoms with Crippen molar-refractivity contribution in [3.8, 4) is 0 Å². The minimum absolute atomic E-state index is 0.0865. The zero-order valence-electron chi connectivity index (χ0n) is 13.4. The molecule has 0 spiro atoms. The first-order chi connectivity index (χ1) is 11.0. The van der Waals surface area contributed by atoms with Gasteiger partial charge in [-0.3, -0.25) is 4.79 Å². The predicted molar refractivity (Wildman–Crippen MR) is 94.4 cm³/mol. The van der Waals surface area contributed by atoms with Gasteiger partial charge in [0.2, 0.25) is 5.91 Å². The van der Waals surface area contributed by atoms with E-state index in [0.717, 1.165) is 19.4 Å². The van der Waals surface area contributed by atoms with Crippen LogP contribution in [0.3, 0.4) is 0 Å². The second-order valence-electron chi connectivity index (χ2n) is 6.44. The van der Waals surface area contributed by atoms with Gasteiger partial charge in [0.1, 0.15) is 0 Å². The molecular weight excluding hydrogens is 330 g/mol. The Hall–Kier alpha value is -1.01. The molecule has 1 amide bonds. The van der Waals surface area contributed by atoms with E-state index in [-0.39, 0.29) is 28.7 Å². The molecule has 6 heteroatoms. The highest BCUT2D eigenvalue weighted by Gasteiger charge is 2.33. The first-order valence-corrected chi connectivity index (χ1v) is 11.0. The van der Waals surface area contributed by atoms with E-state index < -0.39 is 9.84 Å². The van der Waals surface area contributed by atoms with Crippen molar-refractivity contribution >= 4 is 27.5 Å². The number of thioether (sulfide) groups is 1. The lowest BCUT2D eigenvalue weighted by Crippen LogP contribution is -2.32. The van der Waals surface area contributed by atoms with Gasteiger partial charge in [0.25, 0.3) is 0 Å². The second-order valence-corrected chi connectivity index (χ2v) is 9.96. The molecule has 2 fully saturated rings. The van der Waals surface area contributed by atoms with Crippen LogP contribution in [0.15, 0.2) is 24.3 Å². The van der Waals surface area contributed by atoms with Gasteiger partial charge < -0.3 is 4.90 Å². The van der Waals surface area contributed by atoms with Crippen LogP contribution in [-0.2, 0) is 14.6 Å². The van der Waals surface area contributed by atoms with Crippen LogP contribution in [-0.4, -0.2) is 48.3 Å². The van der Waals surface area contributed by atoms with E-state index in [4.69, 9.17) is 0 Å². The van der Waals surface area contributed by atoms with E-state index in [9.17, 15) is 13.2 Å². The number of carbonyl (C=O) groups excluding carboxylic acids is 1. The highest BCUT2D eigenvalue weighted by atomic mass is 32.2. The third-order valence-corrected chi connectivity index (χ3v) is 8.02. The van der Waals surface area contributed by atoms with Gasteiger partial charge in [-0.1, -0.05) is 24.3 Å². The van der Waals surface area contributed by atoms with Crippen LogP contribution in [0.5, 0.6) is 0 Å². The quantitative estimate of drug-likeness (QED) is 0.835. The molecule has 23 heavy (non-hydrogen) atoms. The third-order valence-electron chi connectivity index (χ3n) is 4.75. The average molecular weight is 354 g/mol. The van der Waals surface area contributed by atoms with Gasteiger partial charge in [-0.25, -0.2) is 8.42 Å². The van der Waals surface area contributed by atoms with Crippen molar-refractivity contribution in [3.05, 3.63) is 35.4 Å². The number of hydrogen-bond acceptors (Lipinski definition) is 4. The van der Waals surface area contributed by atoms with Crippen LogP contribution in [0, 0.1) is 6.92 Å². The van der Waals surface area contributed by atoms with Crippen molar-refractivity contribution in [2.75, 3.05) is 23.8 Å². The summed E-state index contributed by atoms with van der Waals surface area (Å²) in [4.78, 5) is 14.6. The molecule has 4 nitrogen and oxygen atoms in total. The predicted octanol–water partition coefficient (Wildman–Crippen LogP) is 2.58. The molecule has 0 aromatic heterocycles. The van der Waals surface area contributed by atoms with Crippen molar-refractivity contribution in [1.29, 1.82) is 0 Å². The third kappa shape index (κ3) is 3.91. The Labute approximate surface area is 142 Å². The van der Waals surface area contributed by atoms with Gasteiger partial charge in [0.05, 0.1) is 23.3 Å². The smallest absolute Gasteiger partial charge is 0.233 e. The fourth-order valence-electron chi connectivity index (χ4n) is 3.51. The topological polar surface area (TPSA) is 54.5 Å². The number of nitrogens with zero attached hydrogens (tertiary/aromatic N) is 1. The summed E-state index contributed by atoms with van der Waals surface area (Å²) in [7, 11) is -2.87. The normalized spacial score (nSPS) is 26.6. The maximum Gasteiger partial charge on any atom is 0.233 e. The number of rotatable bonds is 4. The molecule has 2 aliphatic rings. The number of aryl methyl sites for hydroxylation is 1. The fraction of sp³-hybridized carbons (Fsp3) is 0.588. The zero-order valence-corrected chi connectivity index (χ0v) is 15.0. The summed E-state index contributed by atoms with van der Waals surface area (Å²) in [6, 6.07) is 8.44. The largest absolute Gasteiger partial charge is 0.335 e. The Bertz CT molecular complexity index is 687. The molecule has 0 aliphatic carbocycles. The SMILES string of the molecule is Cc1ccccc1[C@@H]1CCCN1C(=O)CS[C@H]1CCS(=O)(=O)C1. The maximum atomic E-state index is 12.6. The molecule has 1 aromatic rings. The van der Waals surface area contributed by atoms with E-state index in [1.165, 1.54) is 22.9 Å². The van der Waals surface area contributed by atoms with Crippen molar-refractivity contribution in [1.82, 2.24) is 4.90 Å². The molecule has 2 saturated heterocycles. The number of likely N-dealkylation sites (tertiary alicyclic amines) is 1. The summed E-state index contributed by atoms with van der Waals surface area (Å²) >= 11 is 1.51. The van der Waals surface area contributed by atoms with Crippen LogP contribution < -0.4 is 0 Å². The van der Waals surface area contributed by atoms with Crippen LogP contribution in [0.4, 0.5) is 0 Å². The summed E-state index contributed by atoms with van der Waals surface area (Å²) in [6.45, 7) is 2.90. The van der Waals surface area contributed by atoms with Gasteiger partial charge in [0.15, 0.2) is 9.84 Å². The highest BCUT2D eigenvalue weighted by Crippen LogP contribution is 2.34. The second kappa shape index (κ2) is 6.85. The summed E-state index contributed by atoms with van der Waals surface area (Å²) in [5.74, 6) is 1.04. The minimum atomic E-state index is -2.87. The summed E-state index contributed by atoms with van der Waals surface area (Å²) in [6.07, 6.45) is 2.73. The lowest BCUT2D eigenvalue weighted by atomic mass is 9.99. The van der Waals surface area contributed by atoms with Crippen molar-refractivity contribution in [2.24, 2.45) is 0 Å². The molecule has 126 valence electrons. The van der Waals surface area contributed by atoms with E-state index >= 15 is 0 Å². The summed E-state index contributed by atoms with van der Waals surface area (Å²) in [5, 5.41) is 0.0865. The lowest BCUT2D eigenvalue weighted by Gasteiger charge is -2.26. The van der Waals surface area contributed by atoms with Gasteiger partial charge in [-0.15, -0.1) is 11.8 Å². The number of sulfone groups is 1.